The molecule has 1 amide bonds. The van der Waals surface area contributed by atoms with Crippen molar-refractivity contribution in [3.8, 4) is 5.88 Å². The van der Waals surface area contributed by atoms with E-state index >= 15 is 0 Å². The van der Waals surface area contributed by atoms with Crippen LogP contribution in [-0.4, -0.2) is 65.5 Å². The average Bonchev–Trinajstić information content (AvgIpc) is 3.28. The van der Waals surface area contributed by atoms with E-state index in [1.165, 1.54) is 9.21 Å². The number of carbonyl (C=O) groups excluding carboxylic acids is 1. The third-order valence-electron chi connectivity index (χ3n) is 4.74. The fraction of sp³-hybridized carbons (Fsp3) is 0.450. The van der Waals surface area contributed by atoms with E-state index in [1.807, 2.05) is 13.0 Å². The molecule has 1 saturated heterocycles. The Morgan fingerprint density at radius 2 is 1.97 bits per heavy atom. The number of hydrogen-bond donors (Lipinski definition) is 0. The molecule has 9 heteroatoms. The molecule has 0 aromatic carbocycles. The highest BCUT2D eigenvalue weighted by molar-refractivity contribution is 7.89. The Morgan fingerprint density at radius 3 is 2.66 bits per heavy atom. The molecule has 1 aliphatic rings. The van der Waals surface area contributed by atoms with Crippen molar-refractivity contribution in [2.45, 2.75) is 26.3 Å². The van der Waals surface area contributed by atoms with Crippen LogP contribution < -0.4 is 4.74 Å². The molecule has 0 saturated carbocycles. The largest absolute Gasteiger partial charge is 0.477 e. The minimum absolute atomic E-state index is 0.0764. The zero-order valence-electron chi connectivity index (χ0n) is 16.5. The second kappa shape index (κ2) is 9.80. The molecule has 29 heavy (non-hydrogen) atoms. The van der Waals surface area contributed by atoms with Crippen LogP contribution in [0.25, 0.3) is 0 Å². The summed E-state index contributed by atoms with van der Waals surface area (Å²) in [5.41, 5.74) is 1.14. The Balaban J connectivity index is 1.82. The SMILES string of the molecule is CCOc1ncccc1C(=O)N(CCS(=O)(=O)N1CCCC1)Cc1cccnc1. The standard InChI is InChI=1S/C20H26N4O4S/c1-2-28-19-18(8-6-10-22-19)20(25)23(16-17-7-5-9-21-15-17)13-14-29(26,27)24-11-3-4-12-24/h5-10,15H,2-4,11-14,16H2,1H3. The maximum atomic E-state index is 13.3. The molecule has 0 atom stereocenters. The Kier molecular flexibility index (Phi) is 7.16. The summed E-state index contributed by atoms with van der Waals surface area (Å²) in [6, 6.07) is 6.95. The van der Waals surface area contributed by atoms with Gasteiger partial charge in [0.15, 0.2) is 0 Å². The number of aromatic nitrogens is 2. The fourth-order valence-electron chi connectivity index (χ4n) is 3.26. The van der Waals surface area contributed by atoms with Gasteiger partial charge in [-0.25, -0.2) is 17.7 Å². The minimum atomic E-state index is -3.41. The van der Waals surface area contributed by atoms with E-state index < -0.39 is 10.0 Å². The van der Waals surface area contributed by atoms with Gasteiger partial charge < -0.3 is 9.64 Å². The maximum Gasteiger partial charge on any atom is 0.259 e. The second-order valence-corrected chi connectivity index (χ2v) is 8.89. The predicted molar refractivity (Wildman–Crippen MR) is 109 cm³/mol. The lowest BCUT2D eigenvalue weighted by Crippen LogP contribution is -2.39. The number of carbonyl (C=O) groups is 1. The Hall–Kier alpha value is -2.52. The van der Waals surface area contributed by atoms with Crippen molar-refractivity contribution in [2.75, 3.05) is 32.0 Å². The van der Waals surface area contributed by atoms with Crippen molar-refractivity contribution in [2.24, 2.45) is 0 Å². The summed E-state index contributed by atoms with van der Waals surface area (Å²) in [6.45, 7) is 3.63. The highest BCUT2D eigenvalue weighted by Gasteiger charge is 2.28. The normalized spacial score (nSPS) is 14.7. The van der Waals surface area contributed by atoms with E-state index in [0.29, 0.717) is 25.3 Å². The Labute approximate surface area is 171 Å². The van der Waals surface area contributed by atoms with Gasteiger partial charge in [0.1, 0.15) is 5.56 Å². The molecule has 0 bridgehead atoms. The lowest BCUT2D eigenvalue weighted by molar-refractivity contribution is 0.0748. The van der Waals surface area contributed by atoms with Crippen LogP contribution in [0, 0.1) is 0 Å². The number of ether oxygens (including phenoxy) is 1. The lowest BCUT2D eigenvalue weighted by atomic mass is 10.2. The molecule has 3 rings (SSSR count). The summed E-state index contributed by atoms with van der Waals surface area (Å²) < 4.78 is 32.3. The molecule has 8 nitrogen and oxygen atoms in total. The lowest BCUT2D eigenvalue weighted by Gasteiger charge is -2.25. The van der Waals surface area contributed by atoms with Crippen molar-refractivity contribution in [3.05, 3.63) is 54.0 Å². The average molecular weight is 419 g/mol. The van der Waals surface area contributed by atoms with Gasteiger partial charge in [0, 0.05) is 44.8 Å². The van der Waals surface area contributed by atoms with Gasteiger partial charge in [-0.15, -0.1) is 0 Å². The summed E-state index contributed by atoms with van der Waals surface area (Å²) >= 11 is 0. The minimum Gasteiger partial charge on any atom is -0.477 e. The molecule has 2 aromatic heterocycles. The van der Waals surface area contributed by atoms with Gasteiger partial charge >= 0.3 is 0 Å². The third-order valence-corrected chi connectivity index (χ3v) is 6.59. The van der Waals surface area contributed by atoms with Crippen molar-refractivity contribution in [1.29, 1.82) is 0 Å². The molecular weight excluding hydrogens is 392 g/mol. The van der Waals surface area contributed by atoms with Gasteiger partial charge in [0.2, 0.25) is 15.9 Å². The smallest absolute Gasteiger partial charge is 0.259 e. The maximum absolute atomic E-state index is 13.3. The predicted octanol–water partition coefficient (Wildman–Crippen LogP) is 1.94. The van der Waals surface area contributed by atoms with Gasteiger partial charge in [-0.2, -0.15) is 0 Å². The molecule has 2 aromatic rings. The molecule has 0 N–H and O–H groups in total. The van der Waals surface area contributed by atoms with Crippen molar-refractivity contribution >= 4 is 15.9 Å². The van der Waals surface area contributed by atoms with Gasteiger partial charge in [0.25, 0.3) is 5.91 Å². The number of amides is 1. The molecule has 3 heterocycles. The summed E-state index contributed by atoms with van der Waals surface area (Å²) in [7, 11) is -3.41. The number of sulfonamides is 1. The topological polar surface area (TPSA) is 92.7 Å². The number of pyridine rings is 2. The molecule has 0 unspecified atom stereocenters. The first-order valence-corrected chi connectivity index (χ1v) is 11.4. The highest BCUT2D eigenvalue weighted by atomic mass is 32.2. The van der Waals surface area contributed by atoms with Crippen LogP contribution >= 0.6 is 0 Å². The van der Waals surface area contributed by atoms with Crippen LogP contribution in [0.15, 0.2) is 42.9 Å². The van der Waals surface area contributed by atoms with Gasteiger partial charge in [-0.05, 0) is 43.5 Å². The number of rotatable bonds is 9. The Morgan fingerprint density at radius 1 is 1.21 bits per heavy atom. The zero-order chi connectivity index (χ0) is 20.7. The van der Waals surface area contributed by atoms with E-state index in [0.717, 1.165) is 18.4 Å². The van der Waals surface area contributed by atoms with E-state index in [2.05, 4.69) is 9.97 Å². The van der Waals surface area contributed by atoms with Gasteiger partial charge in [-0.3, -0.25) is 9.78 Å². The molecule has 0 radical (unpaired) electrons. The quantitative estimate of drug-likeness (QED) is 0.618. The first kappa shape index (κ1) is 21.2. The van der Waals surface area contributed by atoms with Crippen LogP contribution in [0.4, 0.5) is 0 Å². The van der Waals surface area contributed by atoms with Crippen LogP contribution in [0.2, 0.25) is 0 Å². The van der Waals surface area contributed by atoms with Crippen LogP contribution in [-0.2, 0) is 16.6 Å². The third kappa shape index (κ3) is 5.51. The highest BCUT2D eigenvalue weighted by Crippen LogP contribution is 2.19. The monoisotopic (exact) mass is 418 g/mol. The summed E-state index contributed by atoms with van der Waals surface area (Å²) in [5.74, 6) is -0.191. The molecule has 0 spiro atoms. The molecular formula is C20H26N4O4S. The second-order valence-electron chi connectivity index (χ2n) is 6.80. The van der Waals surface area contributed by atoms with Gasteiger partial charge in [-0.1, -0.05) is 6.07 Å². The van der Waals surface area contributed by atoms with Crippen LogP contribution in [0.3, 0.4) is 0 Å². The van der Waals surface area contributed by atoms with Crippen molar-refractivity contribution in [1.82, 2.24) is 19.2 Å². The summed E-state index contributed by atoms with van der Waals surface area (Å²) in [6.07, 6.45) is 6.64. The first-order chi connectivity index (χ1) is 14.0. The zero-order valence-corrected chi connectivity index (χ0v) is 17.3. The molecule has 0 aliphatic carbocycles. The van der Waals surface area contributed by atoms with Crippen LogP contribution in [0.5, 0.6) is 5.88 Å². The van der Waals surface area contributed by atoms with E-state index in [4.69, 9.17) is 4.74 Å². The first-order valence-electron chi connectivity index (χ1n) is 9.75. The Bertz CT molecular complexity index is 915. The van der Waals surface area contributed by atoms with Gasteiger partial charge in [0.05, 0.1) is 12.4 Å². The molecule has 1 aliphatic heterocycles. The number of nitrogens with zero attached hydrogens (tertiary/aromatic N) is 4. The van der Waals surface area contributed by atoms with E-state index in [1.54, 1.807) is 36.8 Å². The van der Waals surface area contributed by atoms with Crippen molar-refractivity contribution < 1.29 is 17.9 Å². The number of hydrogen-bond acceptors (Lipinski definition) is 6. The fourth-order valence-corrected chi connectivity index (χ4v) is 4.78. The van der Waals surface area contributed by atoms with Crippen LogP contribution in [0.1, 0.15) is 35.7 Å². The van der Waals surface area contributed by atoms with E-state index in [9.17, 15) is 13.2 Å². The summed E-state index contributed by atoms with van der Waals surface area (Å²) in [4.78, 5) is 23.0. The molecule has 156 valence electrons. The summed E-state index contributed by atoms with van der Waals surface area (Å²) in [5, 5.41) is 0. The van der Waals surface area contributed by atoms with Crippen molar-refractivity contribution in [3.63, 3.8) is 0 Å². The molecule has 1 fully saturated rings. The van der Waals surface area contributed by atoms with E-state index in [-0.39, 0.29) is 30.6 Å².